The highest BCUT2D eigenvalue weighted by molar-refractivity contribution is 5.78. The minimum Gasteiger partial charge on any atom is -0.477 e. The van der Waals surface area contributed by atoms with Crippen LogP contribution < -0.4 is 4.74 Å². The summed E-state index contributed by atoms with van der Waals surface area (Å²) in [7, 11) is 0. The Kier molecular flexibility index (Phi) is 6.26. The molecular formula is C21H25N3O4. The smallest absolute Gasteiger partial charge is 0.311 e. The minimum absolute atomic E-state index is 0.116. The summed E-state index contributed by atoms with van der Waals surface area (Å²) in [5, 5.41) is 11.2. The average molecular weight is 383 g/mol. The maximum absolute atomic E-state index is 12.5. The highest BCUT2D eigenvalue weighted by Crippen LogP contribution is 2.28. The molecule has 0 spiro atoms. The lowest BCUT2D eigenvalue weighted by molar-refractivity contribution is -0.385. The van der Waals surface area contributed by atoms with Crippen LogP contribution in [-0.2, 0) is 4.79 Å². The van der Waals surface area contributed by atoms with Crippen molar-refractivity contribution in [2.45, 2.75) is 19.9 Å². The molecule has 1 aliphatic heterocycles. The van der Waals surface area contributed by atoms with Gasteiger partial charge in [0, 0.05) is 38.3 Å². The average Bonchev–Trinajstić information content (AvgIpc) is 2.72. The van der Waals surface area contributed by atoms with Crippen LogP contribution >= 0.6 is 0 Å². The number of piperazine rings is 1. The molecule has 1 atom stereocenters. The van der Waals surface area contributed by atoms with Crippen molar-refractivity contribution in [3.63, 3.8) is 0 Å². The first-order valence-electron chi connectivity index (χ1n) is 9.40. The maximum atomic E-state index is 12.5. The minimum atomic E-state index is -0.490. The van der Waals surface area contributed by atoms with Crippen LogP contribution in [0.4, 0.5) is 5.69 Å². The van der Waals surface area contributed by atoms with Crippen LogP contribution in [0.25, 0.3) is 0 Å². The molecule has 3 rings (SSSR count). The number of carbonyl (C=O) groups is 1. The van der Waals surface area contributed by atoms with E-state index in [1.54, 1.807) is 24.0 Å². The van der Waals surface area contributed by atoms with Gasteiger partial charge in [-0.1, -0.05) is 36.4 Å². The summed E-state index contributed by atoms with van der Waals surface area (Å²) in [4.78, 5) is 27.3. The molecular weight excluding hydrogens is 358 g/mol. The fraction of sp³-hybridized carbons (Fsp3) is 0.381. The van der Waals surface area contributed by atoms with Gasteiger partial charge in [0.15, 0.2) is 12.4 Å². The van der Waals surface area contributed by atoms with Crippen molar-refractivity contribution >= 4 is 11.6 Å². The van der Waals surface area contributed by atoms with Gasteiger partial charge in [0.2, 0.25) is 0 Å². The molecule has 1 amide bonds. The molecule has 7 heteroatoms. The number of benzene rings is 2. The molecule has 0 bridgehead atoms. The molecule has 2 aromatic carbocycles. The standard InChI is InChI=1S/C21H25N3O4/c1-16-8-9-20(19(14-16)24(26)27)28-15-21(25)23-12-10-22(11-13-23)17(2)18-6-4-3-5-7-18/h3-9,14,17H,10-13,15H2,1-2H3. The Balaban J connectivity index is 1.53. The number of amides is 1. The second-order valence-corrected chi connectivity index (χ2v) is 7.02. The summed E-state index contributed by atoms with van der Waals surface area (Å²) in [5.41, 5.74) is 1.92. The zero-order chi connectivity index (χ0) is 20.1. The molecule has 1 aliphatic rings. The third kappa shape index (κ3) is 4.67. The Morgan fingerprint density at radius 2 is 1.82 bits per heavy atom. The predicted molar refractivity (Wildman–Crippen MR) is 106 cm³/mol. The molecule has 0 radical (unpaired) electrons. The maximum Gasteiger partial charge on any atom is 0.311 e. The fourth-order valence-corrected chi connectivity index (χ4v) is 3.42. The second kappa shape index (κ2) is 8.84. The van der Waals surface area contributed by atoms with Crippen LogP contribution in [0.1, 0.15) is 24.1 Å². The van der Waals surface area contributed by atoms with Crippen LogP contribution in [0.15, 0.2) is 48.5 Å². The summed E-state index contributed by atoms with van der Waals surface area (Å²) < 4.78 is 5.47. The number of nitro groups is 1. The van der Waals surface area contributed by atoms with Crippen LogP contribution in [0.2, 0.25) is 0 Å². The molecule has 1 unspecified atom stereocenters. The number of hydrogen-bond acceptors (Lipinski definition) is 5. The molecule has 148 valence electrons. The van der Waals surface area contributed by atoms with Gasteiger partial charge in [0.05, 0.1) is 4.92 Å². The SMILES string of the molecule is Cc1ccc(OCC(=O)N2CCN(C(C)c3ccccc3)CC2)c([N+](=O)[O-])c1. The molecule has 1 saturated heterocycles. The van der Waals surface area contributed by atoms with Gasteiger partial charge in [-0.15, -0.1) is 0 Å². The van der Waals surface area contributed by atoms with E-state index in [4.69, 9.17) is 4.74 Å². The summed E-state index contributed by atoms with van der Waals surface area (Å²) >= 11 is 0. The lowest BCUT2D eigenvalue weighted by Crippen LogP contribution is -2.50. The summed E-state index contributed by atoms with van der Waals surface area (Å²) in [6, 6.07) is 15.3. The Bertz CT molecular complexity index is 833. The van der Waals surface area contributed by atoms with Crippen molar-refractivity contribution in [2.24, 2.45) is 0 Å². The van der Waals surface area contributed by atoms with Crippen molar-refractivity contribution in [1.82, 2.24) is 9.80 Å². The largest absolute Gasteiger partial charge is 0.477 e. The van der Waals surface area contributed by atoms with Gasteiger partial charge >= 0.3 is 5.69 Å². The van der Waals surface area contributed by atoms with E-state index in [2.05, 4.69) is 24.0 Å². The van der Waals surface area contributed by atoms with E-state index in [-0.39, 0.29) is 24.0 Å². The highest BCUT2D eigenvalue weighted by atomic mass is 16.6. The molecule has 28 heavy (non-hydrogen) atoms. The molecule has 7 nitrogen and oxygen atoms in total. The van der Waals surface area contributed by atoms with E-state index in [1.807, 2.05) is 18.2 Å². The number of ether oxygens (including phenoxy) is 1. The van der Waals surface area contributed by atoms with E-state index < -0.39 is 4.92 Å². The van der Waals surface area contributed by atoms with Crippen molar-refractivity contribution in [1.29, 1.82) is 0 Å². The van der Waals surface area contributed by atoms with Gasteiger partial charge in [-0.3, -0.25) is 19.8 Å². The normalized spacial score (nSPS) is 15.9. The topological polar surface area (TPSA) is 75.9 Å². The molecule has 0 aromatic heterocycles. The van der Waals surface area contributed by atoms with Gasteiger partial charge < -0.3 is 9.64 Å². The Labute approximate surface area is 164 Å². The fourth-order valence-electron chi connectivity index (χ4n) is 3.42. The van der Waals surface area contributed by atoms with E-state index in [0.29, 0.717) is 19.1 Å². The Morgan fingerprint density at radius 1 is 1.14 bits per heavy atom. The van der Waals surface area contributed by atoms with Gasteiger partial charge in [0.1, 0.15) is 0 Å². The van der Waals surface area contributed by atoms with E-state index in [1.165, 1.54) is 11.6 Å². The van der Waals surface area contributed by atoms with Crippen LogP contribution in [0.5, 0.6) is 5.75 Å². The van der Waals surface area contributed by atoms with E-state index in [0.717, 1.165) is 18.7 Å². The van der Waals surface area contributed by atoms with Crippen molar-refractivity contribution in [2.75, 3.05) is 32.8 Å². The zero-order valence-electron chi connectivity index (χ0n) is 16.2. The van der Waals surface area contributed by atoms with Gasteiger partial charge in [-0.2, -0.15) is 0 Å². The van der Waals surface area contributed by atoms with Crippen molar-refractivity contribution in [3.05, 3.63) is 69.8 Å². The van der Waals surface area contributed by atoms with Crippen LogP contribution in [0.3, 0.4) is 0 Å². The summed E-state index contributed by atoms with van der Waals surface area (Å²) in [6.07, 6.45) is 0. The Morgan fingerprint density at radius 3 is 2.46 bits per heavy atom. The summed E-state index contributed by atoms with van der Waals surface area (Å²) in [6.45, 7) is 6.56. The van der Waals surface area contributed by atoms with Crippen molar-refractivity contribution < 1.29 is 14.5 Å². The number of aryl methyl sites for hydroxylation is 1. The third-order valence-corrected chi connectivity index (χ3v) is 5.16. The van der Waals surface area contributed by atoms with Crippen molar-refractivity contribution in [3.8, 4) is 5.75 Å². The molecule has 0 saturated carbocycles. The van der Waals surface area contributed by atoms with Gasteiger partial charge in [-0.25, -0.2) is 0 Å². The molecule has 0 N–H and O–H groups in total. The third-order valence-electron chi connectivity index (χ3n) is 5.16. The van der Waals surface area contributed by atoms with Gasteiger partial charge in [-0.05, 0) is 31.0 Å². The van der Waals surface area contributed by atoms with E-state index in [9.17, 15) is 14.9 Å². The van der Waals surface area contributed by atoms with E-state index >= 15 is 0 Å². The molecule has 1 heterocycles. The Hall–Kier alpha value is -2.93. The molecule has 0 aliphatic carbocycles. The highest BCUT2D eigenvalue weighted by Gasteiger charge is 2.25. The number of nitrogens with zero attached hydrogens (tertiary/aromatic N) is 3. The first-order chi connectivity index (χ1) is 13.5. The van der Waals surface area contributed by atoms with Crippen LogP contribution in [0, 0.1) is 17.0 Å². The number of nitro benzene ring substituents is 1. The monoisotopic (exact) mass is 383 g/mol. The quantitative estimate of drug-likeness (QED) is 0.566. The first kappa shape index (κ1) is 19.8. The molecule has 1 fully saturated rings. The number of hydrogen-bond donors (Lipinski definition) is 0. The summed E-state index contributed by atoms with van der Waals surface area (Å²) in [5.74, 6) is -0.0258. The molecule has 2 aromatic rings. The predicted octanol–water partition coefficient (Wildman–Crippen LogP) is 3.19. The second-order valence-electron chi connectivity index (χ2n) is 7.02. The lowest BCUT2D eigenvalue weighted by Gasteiger charge is -2.38. The van der Waals surface area contributed by atoms with Gasteiger partial charge in [0.25, 0.3) is 5.91 Å². The lowest BCUT2D eigenvalue weighted by atomic mass is 10.1. The first-order valence-corrected chi connectivity index (χ1v) is 9.40. The number of rotatable bonds is 6. The zero-order valence-corrected chi connectivity index (χ0v) is 16.2. The van der Waals surface area contributed by atoms with Crippen LogP contribution in [-0.4, -0.2) is 53.4 Å². The number of carbonyl (C=O) groups excluding carboxylic acids is 1.